The van der Waals surface area contributed by atoms with Crippen molar-refractivity contribution in [2.45, 2.75) is 18.8 Å². The molecule has 0 spiro atoms. The fraction of sp³-hybridized carbons (Fsp3) is 0.143. The smallest absolute Gasteiger partial charge is 0.184 e. The van der Waals surface area contributed by atoms with Crippen molar-refractivity contribution in [3.05, 3.63) is 106 Å². The molecule has 0 radical (unpaired) electrons. The third-order valence-corrected chi connectivity index (χ3v) is 6.52. The van der Waals surface area contributed by atoms with Crippen LogP contribution in [0.5, 0.6) is 5.75 Å². The Morgan fingerprint density at radius 1 is 0.806 bits per heavy atom. The fourth-order valence-corrected chi connectivity index (χ4v) is 4.31. The van der Waals surface area contributed by atoms with Crippen LogP contribution in [0.1, 0.15) is 35.6 Å². The van der Waals surface area contributed by atoms with Crippen LogP contribution in [0.25, 0.3) is 11.3 Å². The van der Waals surface area contributed by atoms with Crippen molar-refractivity contribution < 1.29 is 14.1 Å². The van der Waals surface area contributed by atoms with Crippen LogP contribution in [-0.4, -0.2) is 29.5 Å². The lowest BCUT2D eigenvalue weighted by molar-refractivity contribution is -0.113. The summed E-state index contributed by atoms with van der Waals surface area (Å²) in [6, 6.07) is 23.8. The van der Waals surface area contributed by atoms with E-state index in [0.717, 1.165) is 22.6 Å². The maximum Gasteiger partial charge on any atom is 0.184 e. The third kappa shape index (κ3) is 5.25. The van der Waals surface area contributed by atoms with E-state index in [4.69, 9.17) is 32.5 Å². The highest BCUT2D eigenvalue weighted by molar-refractivity contribution is 6.46. The van der Waals surface area contributed by atoms with E-state index in [9.17, 15) is 4.79 Å². The molecule has 3 aromatic carbocycles. The maximum absolute atomic E-state index is 13.3. The van der Waals surface area contributed by atoms with Crippen molar-refractivity contribution in [3.8, 4) is 17.0 Å². The van der Waals surface area contributed by atoms with Gasteiger partial charge in [-0.2, -0.15) is 5.10 Å². The van der Waals surface area contributed by atoms with Gasteiger partial charge in [-0.3, -0.25) is 4.79 Å². The molecule has 1 atom stereocenters. The molecular weight excluding hydrogens is 497 g/mol. The van der Waals surface area contributed by atoms with Gasteiger partial charge in [0.25, 0.3) is 0 Å². The van der Waals surface area contributed by atoms with Gasteiger partial charge in [-0.15, -0.1) is 5.10 Å². The van der Waals surface area contributed by atoms with Gasteiger partial charge in [0.05, 0.1) is 12.8 Å². The highest BCUT2D eigenvalue weighted by Crippen LogP contribution is 2.32. The fourth-order valence-electron chi connectivity index (χ4n) is 4.06. The molecule has 180 valence electrons. The topological polar surface area (TPSA) is 77.0 Å². The Kier molecular flexibility index (Phi) is 6.98. The summed E-state index contributed by atoms with van der Waals surface area (Å²) >= 11 is 12.1. The van der Waals surface area contributed by atoms with Crippen LogP contribution in [0.3, 0.4) is 0 Å². The number of rotatable bonds is 5. The number of carbonyl (C=O) groups excluding carboxylic acids is 1. The molecule has 4 aromatic rings. The minimum atomic E-state index is -0.288. The zero-order valence-corrected chi connectivity index (χ0v) is 20.8. The van der Waals surface area contributed by atoms with E-state index in [1.165, 1.54) is 0 Å². The highest BCUT2D eigenvalue weighted by Gasteiger charge is 2.28. The van der Waals surface area contributed by atoms with Crippen molar-refractivity contribution in [1.82, 2.24) is 5.16 Å². The van der Waals surface area contributed by atoms with Crippen molar-refractivity contribution in [2.24, 2.45) is 10.2 Å². The van der Waals surface area contributed by atoms with E-state index >= 15 is 0 Å². The first-order valence-corrected chi connectivity index (χ1v) is 12.1. The lowest BCUT2D eigenvalue weighted by Crippen LogP contribution is -2.22. The SMILES string of the molecule is COc1ccc(-c2cc(C3CC(=O)/C(c4ccc(Cl)cc4)=N\N=C(\c4ccc(Cl)cc4)C3)on2)cc1. The Balaban J connectivity index is 1.52. The second kappa shape index (κ2) is 10.5. The number of halogens is 2. The molecule has 8 heteroatoms. The van der Waals surface area contributed by atoms with Crippen LogP contribution in [0.4, 0.5) is 0 Å². The van der Waals surface area contributed by atoms with E-state index in [2.05, 4.69) is 15.4 Å². The summed E-state index contributed by atoms with van der Waals surface area (Å²) in [6.45, 7) is 0. The van der Waals surface area contributed by atoms with E-state index < -0.39 is 0 Å². The summed E-state index contributed by atoms with van der Waals surface area (Å²) in [5.41, 5.74) is 4.08. The molecule has 0 N–H and O–H groups in total. The molecule has 0 bridgehead atoms. The average Bonchev–Trinajstić information content (AvgIpc) is 3.38. The van der Waals surface area contributed by atoms with Crippen molar-refractivity contribution in [2.75, 3.05) is 7.11 Å². The molecule has 0 saturated heterocycles. The molecule has 6 nitrogen and oxygen atoms in total. The van der Waals surface area contributed by atoms with Gasteiger partial charge < -0.3 is 9.26 Å². The molecule has 0 aliphatic carbocycles. The van der Waals surface area contributed by atoms with E-state index in [0.29, 0.717) is 33.5 Å². The number of ketones is 1. The summed E-state index contributed by atoms with van der Waals surface area (Å²) in [5, 5.41) is 14.3. The molecule has 2 heterocycles. The van der Waals surface area contributed by atoms with E-state index in [1.807, 2.05) is 42.5 Å². The number of benzene rings is 3. The van der Waals surface area contributed by atoms with Crippen molar-refractivity contribution in [3.63, 3.8) is 0 Å². The Bertz CT molecular complexity index is 1440. The second-order valence-corrected chi connectivity index (χ2v) is 9.25. The number of Topliss-reactive ketones (excluding diaryl/α,β-unsaturated/α-hetero) is 1. The van der Waals surface area contributed by atoms with Crippen LogP contribution < -0.4 is 4.74 Å². The quantitative estimate of drug-likeness (QED) is 0.285. The number of carbonyl (C=O) groups is 1. The summed E-state index contributed by atoms with van der Waals surface area (Å²) in [7, 11) is 1.62. The minimum Gasteiger partial charge on any atom is -0.497 e. The molecule has 0 amide bonds. The zero-order chi connectivity index (χ0) is 25.1. The van der Waals surface area contributed by atoms with Gasteiger partial charge in [-0.05, 0) is 54.1 Å². The molecule has 1 aliphatic rings. The van der Waals surface area contributed by atoms with Gasteiger partial charge in [0.1, 0.15) is 22.9 Å². The standard InChI is InChI=1S/C28H21Cl2N3O3/c1-35-23-12-6-18(7-13-23)25-16-27(36-33-25)20-14-24(17-2-8-21(29)9-3-17)31-32-28(26(34)15-20)19-4-10-22(30)11-5-19/h2-13,16,20H,14-15H2,1H3/b31-24+,32-28-. The van der Waals surface area contributed by atoms with E-state index in [-0.39, 0.29) is 23.8 Å². The number of nitrogens with zero attached hydrogens (tertiary/aromatic N) is 3. The lowest BCUT2D eigenvalue weighted by atomic mass is 9.88. The van der Waals surface area contributed by atoms with Crippen LogP contribution in [-0.2, 0) is 4.79 Å². The van der Waals surface area contributed by atoms with Gasteiger partial charge in [0.2, 0.25) is 0 Å². The van der Waals surface area contributed by atoms with Crippen molar-refractivity contribution in [1.29, 1.82) is 0 Å². The van der Waals surface area contributed by atoms with Crippen LogP contribution in [0.15, 0.2) is 93.6 Å². The predicted molar refractivity (Wildman–Crippen MR) is 141 cm³/mol. The van der Waals surface area contributed by atoms with Gasteiger partial charge in [0, 0.05) is 46.0 Å². The van der Waals surface area contributed by atoms with Crippen LogP contribution in [0.2, 0.25) is 10.0 Å². The average molecular weight is 518 g/mol. The Morgan fingerprint density at radius 3 is 2.06 bits per heavy atom. The number of ether oxygens (including phenoxy) is 1. The van der Waals surface area contributed by atoms with Crippen molar-refractivity contribution >= 4 is 40.4 Å². The number of aromatic nitrogens is 1. The number of methoxy groups -OCH3 is 1. The van der Waals surface area contributed by atoms with Gasteiger partial charge in [-0.1, -0.05) is 52.6 Å². The summed E-state index contributed by atoms with van der Waals surface area (Å²) in [6.07, 6.45) is 0.632. The first-order valence-electron chi connectivity index (χ1n) is 11.3. The molecule has 5 rings (SSSR count). The molecule has 36 heavy (non-hydrogen) atoms. The number of hydrogen-bond donors (Lipinski definition) is 0. The summed E-state index contributed by atoms with van der Waals surface area (Å²) in [5.74, 6) is 0.937. The van der Waals surface area contributed by atoms with Crippen LogP contribution in [0, 0.1) is 0 Å². The zero-order valence-electron chi connectivity index (χ0n) is 19.3. The molecule has 0 saturated carbocycles. The number of hydrogen-bond acceptors (Lipinski definition) is 6. The molecule has 1 unspecified atom stereocenters. The first kappa shape index (κ1) is 24.0. The largest absolute Gasteiger partial charge is 0.497 e. The molecular formula is C28H21Cl2N3O3. The summed E-state index contributed by atoms with van der Waals surface area (Å²) < 4.78 is 11.0. The monoisotopic (exact) mass is 517 g/mol. The highest BCUT2D eigenvalue weighted by atomic mass is 35.5. The molecule has 0 fully saturated rings. The minimum absolute atomic E-state index is 0.136. The van der Waals surface area contributed by atoms with Gasteiger partial charge >= 0.3 is 0 Å². The van der Waals surface area contributed by atoms with Gasteiger partial charge in [0.15, 0.2) is 5.78 Å². The Hall–Kier alpha value is -3.74. The second-order valence-electron chi connectivity index (χ2n) is 8.38. The predicted octanol–water partition coefficient (Wildman–Crippen LogP) is 7.00. The molecule has 1 aliphatic heterocycles. The lowest BCUT2D eigenvalue weighted by Gasteiger charge is -2.18. The normalized spacial score (nSPS) is 19.0. The Morgan fingerprint density at radius 2 is 1.42 bits per heavy atom. The maximum atomic E-state index is 13.3. The third-order valence-electron chi connectivity index (χ3n) is 6.02. The molecule has 1 aromatic heterocycles. The van der Waals surface area contributed by atoms with Crippen LogP contribution >= 0.6 is 23.2 Å². The Labute approximate surface area is 218 Å². The van der Waals surface area contributed by atoms with Gasteiger partial charge in [-0.25, -0.2) is 0 Å². The van der Waals surface area contributed by atoms with E-state index in [1.54, 1.807) is 43.5 Å². The first-order chi connectivity index (χ1) is 17.5. The summed E-state index contributed by atoms with van der Waals surface area (Å²) in [4.78, 5) is 13.3.